The molecular weight excluding hydrogens is 200 g/mol. The minimum Gasteiger partial charge on any atom is -0.379 e. The van der Waals surface area contributed by atoms with Crippen LogP contribution in [0.3, 0.4) is 0 Å². The molecule has 1 heterocycles. The highest BCUT2D eigenvalue weighted by Gasteiger charge is 2.09. The Hall–Kier alpha value is -0.640. The molecule has 0 bridgehead atoms. The Morgan fingerprint density at radius 2 is 2.43 bits per heavy atom. The van der Waals surface area contributed by atoms with Gasteiger partial charge in [-0.15, -0.1) is 0 Å². The maximum absolute atomic E-state index is 5.93. The molecule has 1 unspecified atom stereocenters. The minimum absolute atomic E-state index is 0.169. The lowest BCUT2D eigenvalue weighted by Gasteiger charge is -2.13. The molecule has 0 radical (unpaired) electrons. The van der Waals surface area contributed by atoms with Gasteiger partial charge in [-0.3, -0.25) is 4.98 Å². The fourth-order valence-electron chi connectivity index (χ4n) is 1.13. The quantitative estimate of drug-likeness (QED) is 0.765. The van der Waals surface area contributed by atoms with E-state index < -0.39 is 0 Å². The first kappa shape index (κ1) is 11.4. The lowest BCUT2D eigenvalue weighted by molar-refractivity contribution is 0.121. The fourth-order valence-corrected chi connectivity index (χ4v) is 1.39. The van der Waals surface area contributed by atoms with Gasteiger partial charge in [-0.05, 0) is 18.1 Å². The van der Waals surface area contributed by atoms with E-state index in [1.807, 2.05) is 6.07 Å². The first-order valence-corrected chi connectivity index (χ1v) is 5.06. The predicted octanol–water partition coefficient (Wildman–Crippen LogP) is 2.16. The van der Waals surface area contributed by atoms with Gasteiger partial charge in [0.2, 0.25) is 0 Å². The van der Waals surface area contributed by atoms with Crippen molar-refractivity contribution in [2.75, 3.05) is 13.2 Å². The molecule has 1 atom stereocenters. The van der Waals surface area contributed by atoms with Crippen LogP contribution in [0, 0.1) is 0 Å². The number of nitrogens with zero attached hydrogens (tertiary/aromatic N) is 1. The van der Waals surface area contributed by atoms with Gasteiger partial charge < -0.3 is 10.5 Å². The number of rotatable bonds is 5. The maximum Gasteiger partial charge on any atom is 0.0659 e. The third-order valence-corrected chi connectivity index (χ3v) is 2.16. The lowest BCUT2D eigenvalue weighted by atomic mass is 10.1. The Morgan fingerprint density at radius 1 is 1.64 bits per heavy atom. The van der Waals surface area contributed by atoms with Crippen LogP contribution in [0.4, 0.5) is 0 Å². The number of pyridine rings is 1. The topological polar surface area (TPSA) is 48.1 Å². The largest absolute Gasteiger partial charge is 0.379 e. The van der Waals surface area contributed by atoms with Gasteiger partial charge in [0.05, 0.1) is 17.7 Å². The summed E-state index contributed by atoms with van der Waals surface area (Å²) in [4.78, 5) is 3.90. The summed E-state index contributed by atoms with van der Waals surface area (Å²) in [7, 11) is 0. The first-order chi connectivity index (χ1) is 6.75. The van der Waals surface area contributed by atoms with Crippen LogP contribution >= 0.6 is 11.6 Å². The number of ether oxygens (including phenoxy) is 1. The lowest BCUT2D eigenvalue weighted by Crippen LogP contribution is -2.17. The number of hydrogen-bond acceptors (Lipinski definition) is 3. The zero-order valence-electron chi connectivity index (χ0n) is 8.24. The van der Waals surface area contributed by atoms with E-state index in [-0.39, 0.29) is 6.04 Å². The van der Waals surface area contributed by atoms with Crippen molar-refractivity contribution in [3.8, 4) is 0 Å². The molecule has 1 aromatic rings. The minimum atomic E-state index is -0.169. The van der Waals surface area contributed by atoms with Crippen molar-refractivity contribution >= 4 is 11.6 Å². The van der Waals surface area contributed by atoms with Gasteiger partial charge in [0.15, 0.2) is 0 Å². The van der Waals surface area contributed by atoms with E-state index in [0.717, 1.165) is 18.6 Å². The van der Waals surface area contributed by atoms with Crippen molar-refractivity contribution in [1.29, 1.82) is 0 Å². The molecule has 1 aromatic heterocycles. The smallest absolute Gasteiger partial charge is 0.0659 e. The summed E-state index contributed by atoms with van der Waals surface area (Å²) in [5.74, 6) is 0. The van der Waals surface area contributed by atoms with Crippen molar-refractivity contribution in [2.24, 2.45) is 5.73 Å². The van der Waals surface area contributed by atoms with Gasteiger partial charge in [-0.2, -0.15) is 0 Å². The Kier molecular flexibility index (Phi) is 4.87. The number of nitrogens with two attached hydrogens (primary N) is 1. The molecule has 0 aliphatic rings. The van der Waals surface area contributed by atoms with Crippen LogP contribution in [0.25, 0.3) is 0 Å². The van der Waals surface area contributed by atoms with Crippen molar-refractivity contribution in [3.05, 3.63) is 29.0 Å². The van der Waals surface area contributed by atoms with Crippen LogP contribution in [0.1, 0.15) is 24.9 Å². The normalized spacial score (nSPS) is 12.8. The van der Waals surface area contributed by atoms with Crippen LogP contribution < -0.4 is 5.73 Å². The SMILES string of the molecule is CCCOCC(N)c1ccncc1Cl. The summed E-state index contributed by atoms with van der Waals surface area (Å²) in [6.07, 6.45) is 4.27. The van der Waals surface area contributed by atoms with Gasteiger partial charge in [-0.1, -0.05) is 18.5 Å². The van der Waals surface area contributed by atoms with Crippen molar-refractivity contribution in [2.45, 2.75) is 19.4 Å². The molecule has 0 amide bonds. The zero-order chi connectivity index (χ0) is 10.4. The molecule has 0 spiro atoms. The molecule has 2 N–H and O–H groups in total. The summed E-state index contributed by atoms with van der Waals surface area (Å²) in [5, 5.41) is 0.597. The molecule has 0 aromatic carbocycles. The molecule has 0 saturated heterocycles. The van der Waals surface area contributed by atoms with Crippen LogP contribution in [-0.4, -0.2) is 18.2 Å². The number of halogens is 1. The van der Waals surface area contributed by atoms with Crippen LogP contribution in [-0.2, 0) is 4.74 Å². The molecule has 78 valence electrons. The van der Waals surface area contributed by atoms with Crippen LogP contribution in [0.15, 0.2) is 18.5 Å². The molecule has 0 saturated carbocycles. The highest BCUT2D eigenvalue weighted by Crippen LogP contribution is 2.19. The van der Waals surface area contributed by atoms with E-state index in [2.05, 4.69) is 11.9 Å². The average molecular weight is 215 g/mol. The van der Waals surface area contributed by atoms with Crippen LogP contribution in [0.5, 0.6) is 0 Å². The second-order valence-corrected chi connectivity index (χ2v) is 3.49. The average Bonchev–Trinajstić information content (AvgIpc) is 2.18. The fraction of sp³-hybridized carbons (Fsp3) is 0.500. The first-order valence-electron chi connectivity index (χ1n) is 4.68. The summed E-state index contributed by atoms with van der Waals surface area (Å²) < 4.78 is 5.35. The van der Waals surface area contributed by atoms with Gasteiger partial charge in [0.1, 0.15) is 0 Å². The van der Waals surface area contributed by atoms with E-state index in [0.29, 0.717) is 11.6 Å². The Morgan fingerprint density at radius 3 is 3.07 bits per heavy atom. The molecular formula is C10H15ClN2O. The van der Waals surface area contributed by atoms with Crippen molar-refractivity contribution in [3.63, 3.8) is 0 Å². The summed E-state index contributed by atoms with van der Waals surface area (Å²) in [6, 6.07) is 1.65. The standard InChI is InChI=1S/C10H15ClN2O/c1-2-5-14-7-10(12)8-3-4-13-6-9(8)11/h3-4,6,10H,2,5,7,12H2,1H3. The van der Waals surface area contributed by atoms with E-state index in [1.165, 1.54) is 0 Å². The van der Waals surface area contributed by atoms with E-state index >= 15 is 0 Å². The number of aromatic nitrogens is 1. The van der Waals surface area contributed by atoms with E-state index in [1.54, 1.807) is 12.4 Å². The van der Waals surface area contributed by atoms with Gasteiger partial charge >= 0.3 is 0 Å². The maximum atomic E-state index is 5.93. The number of hydrogen-bond donors (Lipinski definition) is 1. The zero-order valence-corrected chi connectivity index (χ0v) is 9.00. The second-order valence-electron chi connectivity index (χ2n) is 3.08. The predicted molar refractivity (Wildman–Crippen MR) is 57.3 cm³/mol. The van der Waals surface area contributed by atoms with Crippen molar-refractivity contribution in [1.82, 2.24) is 4.98 Å². The van der Waals surface area contributed by atoms with Gasteiger partial charge in [0.25, 0.3) is 0 Å². The van der Waals surface area contributed by atoms with Crippen molar-refractivity contribution < 1.29 is 4.74 Å². The van der Waals surface area contributed by atoms with Gasteiger partial charge in [-0.25, -0.2) is 0 Å². The molecule has 0 aliphatic carbocycles. The molecule has 1 rings (SSSR count). The molecule has 14 heavy (non-hydrogen) atoms. The summed E-state index contributed by atoms with van der Waals surface area (Å²) in [6.45, 7) is 3.29. The molecule has 0 aliphatic heterocycles. The van der Waals surface area contributed by atoms with E-state index in [4.69, 9.17) is 22.1 Å². The second kappa shape index (κ2) is 5.96. The molecule has 3 nitrogen and oxygen atoms in total. The van der Waals surface area contributed by atoms with E-state index in [9.17, 15) is 0 Å². The molecule has 0 fully saturated rings. The Bertz CT molecular complexity index is 281. The molecule has 4 heteroatoms. The Balaban J connectivity index is 2.51. The summed E-state index contributed by atoms with van der Waals surface area (Å²) in [5.41, 5.74) is 6.79. The van der Waals surface area contributed by atoms with Gasteiger partial charge in [0, 0.05) is 19.0 Å². The Labute approximate surface area is 89.2 Å². The highest BCUT2D eigenvalue weighted by atomic mass is 35.5. The monoisotopic (exact) mass is 214 g/mol. The third kappa shape index (κ3) is 3.25. The van der Waals surface area contributed by atoms with Crippen LogP contribution in [0.2, 0.25) is 5.02 Å². The highest BCUT2D eigenvalue weighted by molar-refractivity contribution is 6.31. The summed E-state index contributed by atoms with van der Waals surface area (Å²) >= 11 is 5.93. The third-order valence-electron chi connectivity index (χ3n) is 1.85.